The Hall–Kier alpha value is -0.660. The molecule has 0 saturated carbocycles. The summed E-state index contributed by atoms with van der Waals surface area (Å²) in [6, 6.07) is 0. The molecule has 0 saturated heterocycles. The molecule has 0 aliphatic rings. The van der Waals surface area contributed by atoms with Crippen molar-refractivity contribution < 1.29 is 29.9 Å². The van der Waals surface area contributed by atoms with Crippen LogP contribution in [0.3, 0.4) is 0 Å². The first kappa shape index (κ1) is 20.3. The summed E-state index contributed by atoms with van der Waals surface area (Å²) in [5.74, 6) is 0. The molecule has 0 bridgehead atoms. The Morgan fingerprint density at radius 3 is 1.86 bits per heavy atom. The molecule has 126 valence electrons. The average Bonchev–Trinajstić information content (AvgIpc) is 2.50. The second-order valence-electron chi connectivity index (χ2n) is 4.84. The quantitative estimate of drug-likeness (QED) is 0.161. The van der Waals surface area contributed by atoms with Gasteiger partial charge in [0.15, 0.2) is 0 Å². The zero-order valence-electron chi connectivity index (χ0n) is 13.4. The second kappa shape index (κ2) is 19.3. The molecule has 0 spiro atoms. The molecule has 0 heterocycles. The summed E-state index contributed by atoms with van der Waals surface area (Å²) in [4.78, 5) is 9.04. The fraction of sp³-hybridized carbons (Fsp3) is 0.867. The van der Waals surface area contributed by atoms with Crippen molar-refractivity contribution in [1.82, 2.24) is 0 Å². The first-order chi connectivity index (χ1) is 10.4. The van der Waals surface area contributed by atoms with Gasteiger partial charge in [0.25, 0.3) is 0 Å². The SMILES string of the molecule is CC=COOOOOOCCCCCCCCCCCC. The van der Waals surface area contributed by atoms with Crippen molar-refractivity contribution in [2.75, 3.05) is 6.61 Å². The molecule has 0 amide bonds. The van der Waals surface area contributed by atoms with Gasteiger partial charge < -0.3 is 4.89 Å². The van der Waals surface area contributed by atoms with Gasteiger partial charge in [-0.2, -0.15) is 0 Å². The first-order valence-electron chi connectivity index (χ1n) is 7.98. The number of allylic oxidation sites excluding steroid dienone is 1. The van der Waals surface area contributed by atoms with Crippen molar-refractivity contribution in [2.45, 2.75) is 78.1 Å². The molecule has 0 aromatic carbocycles. The fourth-order valence-corrected chi connectivity index (χ4v) is 1.82. The van der Waals surface area contributed by atoms with E-state index in [1.54, 1.807) is 13.0 Å². The Bertz CT molecular complexity index is 210. The maximum atomic E-state index is 4.71. The topological polar surface area (TPSA) is 55.4 Å². The van der Waals surface area contributed by atoms with Gasteiger partial charge in [0.2, 0.25) is 0 Å². The van der Waals surface area contributed by atoms with E-state index in [9.17, 15) is 0 Å². The summed E-state index contributed by atoms with van der Waals surface area (Å²) in [7, 11) is 0. The van der Waals surface area contributed by atoms with Gasteiger partial charge in [-0.15, -0.1) is 0 Å². The standard InChI is InChI=1S/C15H30O6/c1-3-5-6-7-8-9-10-11-12-13-15-17-19-21-20-18-16-14-4-2/h4,14H,3,5-13,15H2,1-2H3. The summed E-state index contributed by atoms with van der Waals surface area (Å²) < 4.78 is 0. The van der Waals surface area contributed by atoms with Crippen LogP contribution in [0.5, 0.6) is 0 Å². The van der Waals surface area contributed by atoms with Gasteiger partial charge >= 0.3 is 0 Å². The Morgan fingerprint density at radius 1 is 0.667 bits per heavy atom. The minimum absolute atomic E-state index is 0.454. The van der Waals surface area contributed by atoms with E-state index in [2.05, 4.69) is 32.0 Å². The fourth-order valence-electron chi connectivity index (χ4n) is 1.82. The maximum Gasteiger partial charge on any atom is 0.128 e. The van der Waals surface area contributed by atoms with Gasteiger partial charge in [0, 0.05) is 10.1 Å². The van der Waals surface area contributed by atoms with Crippen LogP contribution in [0.25, 0.3) is 0 Å². The maximum absolute atomic E-state index is 4.71. The van der Waals surface area contributed by atoms with Gasteiger partial charge in [-0.05, 0) is 29.5 Å². The van der Waals surface area contributed by atoms with Crippen LogP contribution in [0.15, 0.2) is 12.3 Å². The number of rotatable bonds is 17. The van der Waals surface area contributed by atoms with Crippen LogP contribution < -0.4 is 0 Å². The second-order valence-corrected chi connectivity index (χ2v) is 4.84. The monoisotopic (exact) mass is 306 g/mol. The minimum Gasteiger partial charge on any atom is -0.314 e. The third-order valence-electron chi connectivity index (χ3n) is 2.94. The molecular weight excluding hydrogens is 276 g/mol. The van der Waals surface area contributed by atoms with Crippen molar-refractivity contribution >= 4 is 0 Å². The molecule has 0 aliphatic heterocycles. The third kappa shape index (κ3) is 19.3. The summed E-state index contributed by atoms with van der Waals surface area (Å²) in [6.07, 6.45) is 15.6. The molecule has 0 aromatic rings. The number of hydrogen-bond acceptors (Lipinski definition) is 6. The van der Waals surface area contributed by atoms with Gasteiger partial charge in [-0.25, -0.2) is 4.89 Å². The lowest BCUT2D eigenvalue weighted by Crippen LogP contribution is -2.00. The van der Waals surface area contributed by atoms with Gasteiger partial charge in [0.1, 0.15) is 6.26 Å². The Balaban J connectivity index is 2.93. The molecule has 0 rings (SSSR count). The largest absolute Gasteiger partial charge is 0.314 e. The van der Waals surface area contributed by atoms with E-state index >= 15 is 0 Å². The van der Waals surface area contributed by atoms with Crippen LogP contribution in [0, 0.1) is 0 Å². The van der Waals surface area contributed by atoms with Crippen LogP contribution in [0.2, 0.25) is 0 Å². The highest BCUT2D eigenvalue weighted by Gasteiger charge is 1.95. The summed E-state index contributed by atoms with van der Waals surface area (Å²) in [5.41, 5.74) is 0. The van der Waals surface area contributed by atoms with Gasteiger partial charge in [-0.1, -0.05) is 64.7 Å². The van der Waals surface area contributed by atoms with Crippen LogP contribution >= 0.6 is 0 Å². The van der Waals surface area contributed by atoms with Crippen molar-refractivity contribution in [3.05, 3.63) is 12.3 Å². The van der Waals surface area contributed by atoms with E-state index in [1.165, 1.54) is 57.6 Å². The van der Waals surface area contributed by atoms with E-state index < -0.39 is 0 Å². The Labute approximate surface area is 127 Å². The predicted molar refractivity (Wildman–Crippen MR) is 78.0 cm³/mol. The van der Waals surface area contributed by atoms with Crippen molar-refractivity contribution in [3.8, 4) is 0 Å². The van der Waals surface area contributed by atoms with Crippen molar-refractivity contribution in [3.63, 3.8) is 0 Å². The summed E-state index contributed by atoms with van der Waals surface area (Å²) in [5, 5.41) is 16.4. The molecule has 6 nitrogen and oxygen atoms in total. The molecule has 0 fully saturated rings. The predicted octanol–water partition coefficient (Wildman–Crippen LogP) is 5.12. The van der Waals surface area contributed by atoms with E-state index in [1.807, 2.05) is 0 Å². The van der Waals surface area contributed by atoms with Crippen LogP contribution in [0.1, 0.15) is 78.1 Å². The minimum atomic E-state index is 0.454. The molecule has 0 aliphatic carbocycles. The van der Waals surface area contributed by atoms with E-state index in [0.717, 1.165) is 12.8 Å². The Morgan fingerprint density at radius 2 is 1.24 bits per heavy atom. The zero-order valence-corrected chi connectivity index (χ0v) is 13.4. The summed E-state index contributed by atoms with van der Waals surface area (Å²) in [6.45, 7) is 4.46. The van der Waals surface area contributed by atoms with Gasteiger partial charge in [-0.3, -0.25) is 0 Å². The van der Waals surface area contributed by atoms with Crippen LogP contribution in [-0.4, -0.2) is 6.61 Å². The molecule has 0 unspecified atom stereocenters. The Kier molecular flexibility index (Phi) is 18.7. The molecular formula is C15H30O6. The smallest absolute Gasteiger partial charge is 0.128 e. The highest BCUT2D eigenvalue weighted by molar-refractivity contribution is 4.62. The van der Waals surface area contributed by atoms with E-state index in [0.29, 0.717) is 6.61 Å². The highest BCUT2D eigenvalue weighted by atomic mass is 17.8. The third-order valence-corrected chi connectivity index (χ3v) is 2.94. The average molecular weight is 306 g/mol. The molecule has 0 aromatic heterocycles. The van der Waals surface area contributed by atoms with Gasteiger partial charge in [0.05, 0.1) is 6.61 Å². The number of unbranched alkanes of at least 4 members (excludes halogenated alkanes) is 9. The van der Waals surface area contributed by atoms with Crippen LogP contribution in [0.4, 0.5) is 0 Å². The lowest BCUT2D eigenvalue weighted by molar-refractivity contribution is -0.751. The van der Waals surface area contributed by atoms with Crippen LogP contribution in [-0.2, 0) is 29.9 Å². The van der Waals surface area contributed by atoms with Crippen molar-refractivity contribution in [2.24, 2.45) is 0 Å². The normalized spacial score (nSPS) is 11.3. The highest BCUT2D eigenvalue weighted by Crippen LogP contribution is 2.10. The molecule has 0 radical (unpaired) electrons. The molecule has 0 N–H and O–H groups in total. The zero-order chi connectivity index (χ0) is 15.4. The molecule has 21 heavy (non-hydrogen) atoms. The van der Waals surface area contributed by atoms with E-state index in [-0.39, 0.29) is 0 Å². The number of hydrogen-bond donors (Lipinski definition) is 0. The lowest BCUT2D eigenvalue weighted by atomic mass is 10.1. The first-order valence-corrected chi connectivity index (χ1v) is 7.98. The molecule has 0 atom stereocenters. The molecule has 6 heteroatoms. The summed E-state index contributed by atoms with van der Waals surface area (Å²) >= 11 is 0. The van der Waals surface area contributed by atoms with Crippen molar-refractivity contribution in [1.29, 1.82) is 0 Å². The van der Waals surface area contributed by atoms with E-state index in [4.69, 9.17) is 4.89 Å². The lowest BCUT2D eigenvalue weighted by Gasteiger charge is -2.02.